The van der Waals surface area contributed by atoms with Crippen molar-refractivity contribution in [1.29, 1.82) is 0 Å². The Labute approximate surface area is 122 Å². The molecule has 122 valence electrons. The van der Waals surface area contributed by atoms with Gasteiger partial charge in [0.05, 0.1) is 0 Å². The number of nitrogens with two attached hydrogens (primary N) is 1. The third-order valence-electron chi connectivity index (χ3n) is 3.79. The van der Waals surface area contributed by atoms with Crippen molar-refractivity contribution < 1.29 is 22.8 Å². The number of carbonyl (C=O) groups is 2. The number of amides is 2. The van der Waals surface area contributed by atoms with Gasteiger partial charge in [0.25, 0.3) is 0 Å². The van der Waals surface area contributed by atoms with Gasteiger partial charge < -0.3 is 15.5 Å². The zero-order chi connectivity index (χ0) is 16.2. The molecule has 0 heterocycles. The molecule has 0 radical (unpaired) electrons. The Kier molecular flexibility index (Phi) is 6.00. The lowest BCUT2D eigenvalue weighted by Gasteiger charge is -2.29. The van der Waals surface area contributed by atoms with Crippen molar-refractivity contribution in [1.82, 2.24) is 9.80 Å². The smallest absolute Gasteiger partial charge is 0.347 e. The average molecular weight is 309 g/mol. The summed E-state index contributed by atoms with van der Waals surface area (Å²) in [7, 11) is 2.88. The number of carbonyl (C=O) groups excluding carboxylic acids is 2. The summed E-state index contributed by atoms with van der Waals surface area (Å²) in [5.41, 5.74) is 5.57. The Bertz CT molecular complexity index is 385. The van der Waals surface area contributed by atoms with Gasteiger partial charge in [0, 0.05) is 20.0 Å². The number of halogens is 3. The minimum absolute atomic E-state index is 0.0947. The molecule has 1 saturated carbocycles. The van der Waals surface area contributed by atoms with Crippen LogP contribution in [0, 0.1) is 11.8 Å². The van der Waals surface area contributed by atoms with Crippen LogP contribution in [0.4, 0.5) is 13.2 Å². The minimum Gasteiger partial charge on any atom is -0.347 e. The van der Waals surface area contributed by atoms with Crippen LogP contribution in [0.1, 0.15) is 19.3 Å². The molecule has 21 heavy (non-hydrogen) atoms. The molecule has 1 aliphatic rings. The lowest BCUT2D eigenvalue weighted by molar-refractivity contribution is -0.167. The number of nitrogens with zero attached hydrogens (tertiary/aromatic N) is 2. The summed E-state index contributed by atoms with van der Waals surface area (Å²) in [5, 5.41) is 0. The molecular weight excluding hydrogens is 287 g/mol. The van der Waals surface area contributed by atoms with E-state index >= 15 is 0 Å². The lowest BCUT2D eigenvalue weighted by atomic mass is 9.94. The van der Waals surface area contributed by atoms with Crippen molar-refractivity contribution in [2.45, 2.75) is 25.4 Å². The Morgan fingerprint density at radius 1 is 1.24 bits per heavy atom. The molecule has 0 aliphatic heterocycles. The molecule has 5 nitrogen and oxygen atoms in total. The van der Waals surface area contributed by atoms with Crippen LogP contribution in [0.2, 0.25) is 0 Å². The minimum atomic E-state index is -4.53. The van der Waals surface area contributed by atoms with Gasteiger partial charge in [-0.3, -0.25) is 9.59 Å². The fourth-order valence-corrected chi connectivity index (χ4v) is 2.61. The second-order valence-electron chi connectivity index (χ2n) is 5.63. The van der Waals surface area contributed by atoms with Crippen molar-refractivity contribution in [3.63, 3.8) is 0 Å². The highest BCUT2D eigenvalue weighted by molar-refractivity contribution is 5.86. The molecule has 1 rings (SSSR count). The van der Waals surface area contributed by atoms with Gasteiger partial charge >= 0.3 is 6.18 Å². The van der Waals surface area contributed by atoms with Gasteiger partial charge in [0.15, 0.2) is 0 Å². The van der Waals surface area contributed by atoms with Gasteiger partial charge in [-0.15, -0.1) is 0 Å². The second-order valence-corrected chi connectivity index (χ2v) is 5.63. The first-order valence-corrected chi connectivity index (χ1v) is 6.91. The van der Waals surface area contributed by atoms with E-state index in [1.165, 1.54) is 19.0 Å². The van der Waals surface area contributed by atoms with Crippen LogP contribution >= 0.6 is 0 Å². The van der Waals surface area contributed by atoms with Crippen LogP contribution < -0.4 is 5.73 Å². The van der Waals surface area contributed by atoms with E-state index in [9.17, 15) is 22.8 Å². The van der Waals surface area contributed by atoms with Crippen molar-refractivity contribution in [2.75, 3.05) is 33.7 Å². The number of hydrogen-bond donors (Lipinski definition) is 1. The summed E-state index contributed by atoms with van der Waals surface area (Å²) >= 11 is 0. The summed E-state index contributed by atoms with van der Waals surface area (Å²) < 4.78 is 37.9. The zero-order valence-electron chi connectivity index (χ0n) is 12.3. The molecule has 0 bridgehead atoms. The molecule has 0 aromatic rings. The molecule has 1 fully saturated rings. The predicted molar refractivity (Wildman–Crippen MR) is 71.2 cm³/mol. The Morgan fingerprint density at radius 2 is 1.86 bits per heavy atom. The van der Waals surface area contributed by atoms with Gasteiger partial charge in [0.2, 0.25) is 11.8 Å². The molecule has 1 aliphatic carbocycles. The predicted octanol–water partition coefficient (Wildman–Crippen LogP) is 0.840. The van der Waals surface area contributed by atoms with Gasteiger partial charge in [-0.25, -0.2) is 0 Å². The molecule has 0 aromatic heterocycles. The van der Waals surface area contributed by atoms with Crippen LogP contribution in [0.15, 0.2) is 0 Å². The molecule has 2 amide bonds. The number of likely N-dealkylation sites (N-methyl/N-ethyl adjacent to an activating group) is 1. The average Bonchev–Trinajstić information content (AvgIpc) is 2.83. The molecular formula is C13H22F3N3O2. The summed E-state index contributed by atoms with van der Waals surface area (Å²) in [5.74, 6) is -1.75. The summed E-state index contributed by atoms with van der Waals surface area (Å²) in [6, 6.07) is 0. The van der Waals surface area contributed by atoms with E-state index in [-0.39, 0.29) is 12.5 Å². The highest BCUT2D eigenvalue weighted by Crippen LogP contribution is 2.33. The first kappa shape index (κ1) is 17.7. The largest absolute Gasteiger partial charge is 0.406 e. The number of alkyl halides is 3. The van der Waals surface area contributed by atoms with Crippen molar-refractivity contribution in [3.8, 4) is 0 Å². The molecule has 2 unspecified atom stereocenters. The molecule has 0 aromatic carbocycles. The van der Waals surface area contributed by atoms with Gasteiger partial charge in [0.1, 0.15) is 13.1 Å². The van der Waals surface area contributed by atoms with Crippen molar-refractivity contribution in [3.05, 3.63) is 0 Å². The first-order chi connectivity index (χ1) is 9.65. The van der Waals surface area contributed by atoms with Crippen molar-refractivity contribution in [2.24, 2.45) is 17.6 Å². The quantitative estimate of drug-likeness (QED) is 0.818. The maximum atomic E-state index is 12.6. The Balaban J connectivity index is 2.84. The lowest BCUT2D eigenvalue weighted by Crippen LogP contribution is -2.48. The van der Waals surface area contributed by atoms with E-state index < -0.39 is 37.0 Å². The fourth-order valence-electron chi connectivity index (χ4n) is 2.61. The molecule has 0 saturated heterocycles. The van der Waals surface area contributed by atoms with Crippen LogP contribution in [-0.4, -0.2) is 61.5 Å². The maximum Gasteiger partial charge on any atom is 0.406 e. The number of rotatable bonds is 5. The molecule has 2 atom stereocenters. The molecule has 8 heteroatoms. The molecule has 0 spiro atoms. The third kappa shape index (κ3) is 5.18. The maximum absolute atomic E-state index is 12.6. The Hall–Kier alpha value is -1.31. The summed E-state index contributed by atoms with van der Waals surface area (Å²) in [6.07, 6.45) is -2.47. The van der Waals surface area contributed by atoms with Crippen molar-refractivity contribution >= 4 is 11.8 Å². The fraction of sp³-hybridized carbons (Fsp3) is 0.846. The van der Waals surface area contributed by atoms with Crippen LogP contribution in [0.5, 0.6) is 0 Å². The Morgan fingerprint density at radius 3 is 2.33 bits per heavy atom. The van der Waals surface area contributed by atoms with E-state index in [1.54, 1.807) is 0 Å². The summed E-state index contributed by atoms with van der Waals surface area (Å²) in [4.78, 5) is 25.8. The zero-order valence-corrected chi connectivity index (χ0v) is 12.3. The SMILES string of the molecule is CN(C)C(=O)CN(CC(F)(F)F)C(=O)C1CCCC1CN. The van der Waals surface area contributed by atoms with E-state index in [0.29, 0.717) is 11.3 Å². The van der Waals surface area contributed by atoms with Crippen LogP contribution in [0.3, 0.4) is 0 Å². The van der Waals surface area contributed by atoms with Crippen LogP contribution in [-0.2, 0) is 9.59 Å². The standard InChI is InChI=1S/C13H22F3N3O2/c1-18(2)11(20)7-19(8-13(14,15)16)12(21)10-5-3-4-9(10)6-17/h9-10H,3-8,17H2,1-2H3. The highest BCUT2D eigenvalue weighted by Gasteiger charge is 2.40. The van der Waals surface area contributed by atoms with Gasteiger partial charge in [-0.2, -0.15) is 13.2 Å². The highest BCUT2D eigenvalue weighted by atomic mass is 19.4. The van der Waals surface area contributed by atoms with E-state index in [0.717, 1.165) is 12.8 Å². The monoisotopic (exact) mass is 309 g/mol. The molecule has 2 N–H and O–H groups in total. The van der Waals surface area contributed by atoms with E-state index in [1.807, 2.05) is 0 Å². The van der Waals surface area contributed by atoms with Gasteiger partial charge in [-0.1, -0.05) is 6.42 Å². The summed E-state index contributed by atoms with van der Waals surface area (Å²) in [6.45, 7) is -1.68. The van der Waals surface area contributed by atoms with Crippen LogP contribution in [0.25, 0.3) is 0 Å². The topological polar surface area (TPSA) is 66.6 Å². The van der Waals surface area contributed by atoms with E-state index in [2.05, 4.69) is 0 Å². The van der Waals surface area contributed by atoms with E-state index in [4.69, 9.17) is 5.73 Å². The number of hydrogen-bond acceptors (Lipinski definition) is 3. The second kappa shape index (κ2) is 7.11. The normalized spacial score (nSPS) is 22.2. The first-order valence-electron chi connectivity index (χ1n) is 6.91. The van der Waals surface area contributed by atoms with Gasteiger partial charge in [-0.05, 0) is 25.3 Å². The third-order valence-corrected chi connectivity index (χ3v) is 3.79.